The summed E-state index contributed by atoms with van der Waals surface area (Å²) in [4.78, 5) is 0.151. The largest absolute Gasteiger partial charge is 0.479 e. The van der Waals surface area contributed by atoms with Crippen LogP contribution in [0.4, 0.5) is 0 Å². The quantitative estimate of drug-likeness (QED) is 0.631. The second kappa shape index (κ2) is 8.22. The molecule has 0 saturated carbocycles. The number of ether oxygens (including phenoxy) is 1. The molecule has 0 radical (unpaired) electrons. The zero-order valence-electron chi connectivity index (χ0n) is 16.0. The Hall–Kier alpha value is -2.55. The summed E-state index contributed by atoms with van der Waals surface area (Å²) >= 11 is 0. The van der Waals surface area contributed by atoms with Gasteiger partial charge in [0.1, 0.15) is 5.69 Å². The van der Waals surface area contributed by atoms with Crippen molar-refractivity contribution >= 4 is 20.8 Å². The van der Waals surface area contributed by atoms with Gasteiger partial charge in [-0.3, -0.25) is 0 Å². The highest BCUT2D eigenvalue weighted by Gasteiger charge is 2.22. The summed E-state index contributed by atoms with van der Waals surface area (Å²) in [5, 5.41) is 19.3. The Morgan fingerprint density at radius 2 is 1.86 bits per heavy atom. The summed E-state index contributed by atoms with van der Waals surface area (Å²) < 4.78 is 33.5. The van der Waals surface area contributed by atoms with Crippen molar-refractivity contribution in [3.8, 4) is 17.1 Å². The molecule has 3 aromatic rings. The predicted octanol–water partition coefficient (Wildman–Crippen LogP) is 2.66. The standard InChI is InChI=1S/C20H23N3O4S/c1-4-15(12-24)23-28(25,26)18-11-14(10-9-13(18)2)19-16-7-5-6-8-17(16)20(27-3)22-21-19/h5-11,15,23-24H,4,12H2,1-3H3. The number of nitrogens with zero attached hydrogens (tertiary/aromatic N) is 2. The molecular weight excluding hydrogens is 378 g/mol. The zero-order chi connectivity index (χ0) is 20.3. The van der Waals surface area contributed by atoms with E-state index in [4.69, 9.17) is 4.74 Å². The third kappa shape index (κ3) is 3.84. The minimum atomic E-state index is -3.79. The number of aliphatic hydroxyl groups is 1. The first-order valence-electron chi connectivity index (χ1n) is 8.95. The van der Waals surface area contributed by atoms with E-state index in [-0.39, 0.29) is 11.5 Å². The lowest BCUT2D eigenvalue weighted by Crippen LogP contribution is -2.37. The van der Waals surface area contributed by atoms with E-state index in [1.165, 1.54) is 7.11 Å². The molecule has 0 aliphatic rings. The number of methoxy groups -OCH3 is 1. The lowest BCUT2D eigenvalue weighted by Gasteiger charge is -2.16. The molecule has 0 aliphatic heterocycles. The summed E-state index contributed by atoms with van der Waals surface area (Å²) in [5.41, 5.74) is 1.81. The van der Waals surface area contributed by atoms with E-state index in [9.17, 15) is 13.5 Å². The number of aromatic nitrogens is 2. The fourth-order valence-corrected chi connectivity index (χ4v) is 4.59. The molecule has 28 heavy (non-hydrogen) atoms. The van der Waals surface area contributed by atoms with E-state index in [1.807, 2.05) is 37.3 Å². The number of aliphatic hydroxyl groups excluding tert-OH is 1. The van der Waals surface area contributed by atoms with Crippen molar-refractivity contribution in [1.82, 2.24) is 14.9 Å². The van der Waals surface area contributed by atoms with Gasteiger partial charge in [0.15, 0.2) is 0 Å². The lowest BCUT2D eigenvalue weighted by molar-refractivity contribution is 0.254. The Morgan fingerprint density at radius 3 is 2.50 bits per heavy atom. The first-order chi connectivity index (χ1) is 13.4. The van der Waals surface area contributed by atoms with Crippen LogP contribution in [0.25, 0.3) is 22.0 Å². The Bertz CT molecular complexity index is 1100. The van der Waals surface area contributed by atoms with E-state index >= 15 is 0 Å². The summed E-state index contributed by atoms with van der Waals surface area (Å²) in [6.07, 6.45) is 0.489. The van der Waals surface area contributed by atoms with Crippen molar-refractivity contribution in [3.63, 3.8) is 0 Å². The Kier molecular flexibility index (Phi) is 5.93. The molecule has 2 N–H and O–H groups in total. The molecule has 0 saturated heterocycles. The highest BCUT2D eigenvalue weighted by molar-refractivity contribution is 7.89. The first kappa shape index (κ1) is 20.2. The van der Waals surface area contributed by atoms with Gasteiger partial charge in [0.2, 0.25) is 15.9 Å². The van der Waals surface area contributed by atoms with Gasteiger partial charge in [-0.15, -0.1) is 10.2 Å². The van der Waals surface area contributed by atoms with Crippen LogP contribution >= 0.6 is 0 Å². The van der Waals surface area contributed by atoms with E-state index in [2.05, 4.69) is 14.9 Å². The molecule has 7 nitrogen and oxygen atoms in total. The monoisotopic (exact) mass is 401 g/mol. The normalized spacial score (nSPS) is 12.9. The molecule has 2 aromatic carbocycles. The Labute approximate surface area is 164 Å². The van der Waals surface area contributed by atoms with Gasteiger partial charge < -0.3 is 9.84 Å². The number of aryl methyl sites for hydroxylation is 1. The average molecular weight is 401 g/mol. The molecule has 0 aliphatic carbocycles. The maximum absolute atomic E-state index is 12.9. The zero-order valence-corrected chi connectivity index (χ0v) is 16.8. The highest BCUT2D eigenvalue weighted by Crippen LogP contribution is 2.32. The van der Waals surface area contributed by atoms with Gasteiger partial charge in [0.05, 0.1) is 18.6 Å². The molecule has 0 spiro atoms. The van der Waals surface area contributed by atoms with Crippen molar-refractivity contribution in [1.29, 1.82) is 0 Å². The van der Waals surface area contributed by atoms with Gasteiger partial charge in [0.25, 0.3) is 0 Å². The topological polar surface area (TPSA) is 101 Å². The number of rotatable bonds is 7. The van der Waals surface area contributed by atoms with Crippen LogP contribution in [-0.2, 0) is 10.0 Å². The van der Waals surface area contributed by atoms with Crippen LogP contribution in [0.2, 0.25) is 0 Å². The van der Waals surface area contributed by atoms with Crippen molar-refractivity contribution in [2.24, 2.45) is 0 Å². The van der Waals surface area contributed by atoms with Gasteiger partial charge in [0, 0.05) is 22.4 Å². The third-order valence-corrected chi connectivity index (χ3v) is 6.30. The van der Waals surface area contributed by atoms with Gasteiger partial charge in [-0.05, 0) is 31.0 Å². The lowest BCUT2D eigenvalue weighted by atomic mass is 10.0. The van der Waals surface area contributed by atoms with Crippen LogP contribution in [0, 0.1) is 6.92 Å². The van der Waals surface area contributed by atoms with Crippen molar-refractivity contribution < 1.29 is 18.3 Å². The van der Waals surface area contributed by atoms with Crippen LogP contribution in [0.15, 0.2) is 47.4 Å². The number of nitrogens with one attached hydrogen (secondary N) is 1. The summed E-state index contributed by atoms with van der Waals surface area (Å²) in [6, 6.07) is 12.2. The third-order valence-electron chi connectivity index (χ3n) is 4.63. The SMILES string of the molecule is CCC(CO)NS(=O)(=O)c1cc(-c2nnc(OC)c3ccccc23)ccc1C. The molecule has 8 heteroatoms. The minimum Gasteiger partial charge on any atom is -0.479 e. The summed E-state index contributed by atoms with van der Waals surface area (Å²) in [7, 11) is -2.26. The molecule has 1 atom stereocenters. The van der Waals surface area contributed by atoms with Crippen LogP contribution in [-0.4, -0.2) is 43.5 Å². The number of hydrogen-bond acceptors (Lipinski definition) is 6. The summed E-state index contributed by atoms with van der Waals surface area (Å²) in [6.45, 7) is 3.28. The second-order valence-corrected chi connectivity index (χ2v) is 8.18. The molecular formula is C20H23N3O4S. The van der Waals surface area contributed by atoms with Gasteiger partial charge in [-0.2, -0.15) is 0 Å². The number of sulfonamides is 1. The molecule has 148 valence electrons. The molecule has 1 aromatic heterocycles. The maximum Gasteiger partial charge on any atom is 0.241 e. The highest BCUT2D eigenvalue weighted by atomic mass is 32.2. The fourth-order valence-electron chi connectivity index (χ4n) is 3.01. The van der Waals surface area contributed by atoms with E-state index in [1.54, 1.807) is 19.1 Å². The molecule has 1 unspecified atom stereocenters. The van der Waals surface area contributed by atoms with Crippen LogP contribution in [0.5, 0.6) is 5.88 Å². The van der Waals surface area contributed by atoms with Gasteiger partial charge in [-0.1, -0.05) is 37.3 Å². The Morgan fingerprint density at radius 1 is 1.14 bits per heavy atom. The number of hydrogen-bond donors (Lipinski definition) is 2. The van der Waals surface area contributed by atoms with Crippen molar-refractivity contribution in [2.75, 3.05) is 13.7 Å². The van der Waals surface area contributed by atoms with E-state index in [0.717, 1.165) is 10.8 Å². The van der Waals surface area contributed by atoms with E-state index < -0.39 is 16.1 Å². The molecule has 1 heterocycles. The number of fused-ring (bicyclic) bond motifs is 1. The second-order valence-electron chi connectivity index (χ2n) is 6.49. The van der Waals surface area contributed by atoms with E-state index in [0.29, 0.717) is 29.1 Å². The van der Waals surface area contributed by atoms with Crippen LogP contribution in [0.3, 0.4) is 0 Å². The molecule has 0 fully saturated rings. The molecule has 0 amide bonds. The predicted molar refractivity (Wildman–Crippen MR) is 108 cm³/mol. The van der Waals surface area contributed by atoms with Gasteiger partial charge in [-0.25, -0.2) is 13.1 Å². The van der Waals surface area contributed by atoms with Crippen LogP contribution in [0.1, 0.15) is 18.9 Å². The average Bonchev–Trinajstić information content (AvgIpc) is 2.71. The van der Waals surface area contributed by atoms with Gasteiger partial charge >= 0.3 is 0 Å². The maximum atomic E-state index is 12.9. The molecule has 0 bridgehead atoms. The van der Waals surface area contributed by atoms with Crippen molar-refractivity contribution in [2.45, 2.75) is 31.2 Å². The number of benzene rings is 2. The Balaban J connectivity index is 2.14. The fraction of sp³-hybridized carbons (Fsp3) is 0.300. The van der Waals surface area contributed by atoms with Crippen LogP contribution < -0.4 is 9.46 Å². The first-order valence-corrected chi connectivity index (χ1v) is 10.4. The smallest absolute Gasteiger partial charge is 0.241 e. The minimum absolute atomic E-state index is 0.151. The van der Waals surface area contributed by atoms with Crippen molar-refractivity contribution in [3.05, 3.63) is 48.0 Å². The summed E-state index contributed by atoms with van der Waals surface area (Å²) in [5.74, 6) is 0.412. The molecule has 3 rings (SSSR count).